The Balaban J connectivity index is 3.25. The van der Waals surface area contributed by atoms with Gasteiger partial charge in [0.05, 0.1) is 6.61 Å². The predicted molar refractivity (Wildman–Crippen MR) is 55.5 cm³/mol. The average molecular weight is 364 g/mol. The molecule has 0 unspecified atom stereocenters. The fourth-order valence-corrected chi connectivity index (χ4v) is 1.64. The molecule has 0 aromatic carbocycles. The highest BCUT2D eigenvalue weighted by atomic mass is 127. The van der Waals surface area contributed by atoms with Crippen molar-refractivity contribution >= 4 is 38.5 Å². The molecule has 0 radical (unpaired) electrons. The fraction of sp³-hybridized carbons (Fsp3) is 0.286. The van der Waals surface area contributed by atoms with Gasteiger partial charge >= 0.3 is 0 Å². The van der Waals surface area contributed by atoms with Crippen molar-refractivity contribution in [2.24, 2.45) is 0 Å². The van der Waals surface area contributed by atoms with E-state index in [4.69, 9.17) is 5.11 Å². The van der Waals surface area contributed by atoms with Crippen LogP contribution in [-0.4, -0.2) is 10.1 Å². The quantitative estimate of drug-likeness (QED) is 0.647. The molecule has 0 aliphatic rings. The van der Waals surface area contributed by atoms with Gasteiger partial charge in [-0.15, -0.1) is 0 Å². The van der Waals surface area contributed by atoms with Crippen molar-refractivity contribution in [1.29, 1.82) is 0 Å². The first-order chi connectivity index (χ1) is 6.06. The van der Waals surface area contributed by atoms with Crippen molar-refractivity contribution in [2.75, 3.05) is 0 Å². The Kier molecular flexibility index (Phi) is 3.99. The van der Waals surface area contributed by atoms with Crippen molar-refractivity contribution in [1.82, 2.24) is 4.98 Å². The van der Waals surface area contributed by atoms with E-state index in [1.165, 1.54) is 6.07 Å². The number of aromatic nitrogens is 1. The molecule has 1 aromatic rings. The van der Waals surface area contributed by atoms with Crippen molar-refractivity contribution in [3.63, 3.8) is 0 Å². The van der Waals surface area contributed by atoms with Gasteiger partial charge < -0.3 is 5.11 Å². The molecule has 0 saturated heterocycles. The monoisotopic (exact) mass is 363 g/mol. The lowest BCUT2D eigenvalue weighted by molar-refractivity contribution is 0.141. The summed E-state index contributed by atoms with van der Waals surface area (Å²) in [5.41, 5.74) is -0.197. The molecule has 0 spiro atoms. The van der Waals surface area contributed by atoms with Gasteiger partial charge in [-0.2, -0.15) is 0 Å². The lowest BCUT2D eigenvalue weighted by Gasteiger charge is -2.06. The van der Waals surface area contributed by atoms with E-state index in [0.717, 1.165) is 0 Å². The second-order valence-corrected chi connectivity index (χ2v) is 4.18. The van der Waals surface area contributed by atoms with Crippen LogP contribution in [0.4, 0.5) is 8.78 Å². The summed E-state index contributed by atoms with van der Waals surface area (Å²) in [4.78, 5) is 3.64. The van der Waals surface area contributed by atoms with E-state index in [9.17, 15) is 8.78 Å². The minimum absolute atomic E-state index is 0.169. The van der Waals surface area contributed by atoms with Crippen LogP contribution in [0.1, 0.15) is 17.7 Å². The predicted octanol–water partition coefficient (Wildman–Crippen LogP) is 2.88. The summed E-state index contributed by atoms with van der Waals surface area (Å²) in [7, 11) is 0. The molecular weight excluding hydrogens is 359 g/mol. The molecule has 72 valence electrons. The zero-order valence-corrected chi connectivity index (χ0v) is 10.0. The first kappa shape index (κ1) is 11.3. The number of hydrogen-bond acceptors (Lipinski definition) is 2. The van der Waals surface area contributed by atoms with Crippen LogP contribution < -0.4 is 0 Å². The van der Waals surface area contributed by atoms with Gasteiger partial charge in [0, 0.05) is 9.13 Å². The summed E-state index contributed by atoms with van der Waals surface area (Å²) in [6.07, 6.45) is -2.66. The normalized spacial score (nSPS) is 10.9. The Morgan fingerprint density at radius 1 is 1.62 bits per heavy atom. The molecule has 0 atom stereocenters. The maximum Gasteiger partial charge on any atom is 0.280 e. The van der Waals surface area contributed by atoms with Gasteiger partial charge in [0.15, 0.2) is 0 Å². The van der Waals surface area contributed by atoms with Crippen LogP contribution >= 0.6 is 38.5 Å². The summed E-state index contributed by atoms with van der Waals surface area (Å²) in [6.45, 7) is -0.421. The topological polar surface area (TPSA) is 33.1 Å². The smallest absolute Gasteiger partial charge is 0.280 e. The summed E-state index contributed by atoms with van der Waals surface area (Å²) < 4.78 is 25.7. The molecule has 6 heteroatoms. The molecule has 13 heavy (non-hydrogen) atoms. The second-order valence-electron chi connectivity index (χ2n) is 2.26. The molecule has 1 rings (SSSR count). The molecule has 0 fully saturated rings. The van der Waals surface area contributed by atoms with E-state index in [-0.39, 0.29) is 11.3 Å². The number of alkyl halides is 2. The Hall–Kier alpha value is 0.180. The van der Waals surface area contributed by atoms with Crippen LogP contribution in [0.5, 0.6) is 0 Å². The van der Waals surface area contributed by atoms with Gasteiger partial charge in [0.25, 0.3) is 6.43 Å². The summed E-state index contributed by atoms with van der Waals surface area (Å²) in [5.74, 6) is 0. The molecule has 0 saturated carbocycles. The third-order valence-electron chi connectivity index (χ3n) is 1.42. The number of rotatable bonds is 2. The summed E-state index contributed by atoms with van der Waals surface area (Å²) in [6, 6.07) is 1.49. The van der Waals surface area contributed by atoms with Gasteiger partial charge in [-0.3, -0.25) is 0 Å². The van der Waals surface area contributed by atoms with Gasteiger partial charge in [0.1, 0.15) is 10.3 Å². The Morgan fingerprint density at radius 2 is 2.23 bits per heavy atom. The van der Waals surface area contributed by atoms with Gasteiger partial charge in [-0.1, -0.05) is 0 Å². The van der Waals surface area contributed by atoms with E-state index in [0.29, 0.717) is 8.17 Å². The van der Waals surface area contributed by atoms with Crippen molar-refractivity contribution in [3.8, 4) is 0 Å². The summed E-state index contributed by atoms with van der Waals surface area (Å²) >= 11 is 4.99. The lowest BCUT2D eigenvalue weighted by Crippen LogP contribution is -2.00. The van der Waals surface area contributed by atoms with E-state index in [1.54, 1.807) is 0 Å². The number of nitrogens with zero attached hydrogens (tertiary/aromatic N) is 1. The Bertz CT molecular complexity index is 322. The van der Waals surface area contributed by atoms with Crippen molar-refractivity contribution < 1.29 is 13.9 Å². The van der Waals surface area contributed by atoms with E-state index >= 15 is 0 Å². The third kappa shape index (κ3) is 2.57. The molecule has 1 heterocycles. The Morgan fingerprint density at radius 3 is 2.69 bits per heavy atom. The highest BCUT2D eigenvalue weighted by Crippen LogP contribution is 2.26. The van der Waals surface area contributed by atoms with E-state index in [2.05, 4.69) is 20.9 Å². The third-order valence-corrected chi connectivity index (χ3v) is 3.59. The number of hydrogen-bond donors (Lipinski definition) is 1. The van der Waals surface area contributed by atoms with Crippen LogP contribution in [0, 0.1) is 3.57 Å². The van der Waals surface area contributed by atoms with Crippen LogP contribution in [0.15, 0.2) is 10.7 Å². The van der Waals surface area contributed by atoms with Gasteiger partial charge in [-0.25, -0.2) is 13.8 Å². The van der Waals surface area contributed by atoms with Gasteiger partial charge in [0.2, 0.25) is 0 Å². The maximum absolute atomic E-state index is 12.3. The van der Waals surface area contributed by atoms with Crippen molar-refractivity contribution in [3.05, 3.63) is 25.5 Å². The summed E-state index contributed by atoms with van der Waals surface area (Å²) in [5, 5.41) is 8.79. The largest absolute Gasteiger partial charge is 0.392 e. The molecule has 0 amide bonds. The first-order valence-electron chi connectivity index (χ1n) is 3.30. The molecular formula is C7H5BrF2INO. The van der Waals surface area contributed by atoms with Crippen molar-refractivity contribution in [2.45, 2.75) is 13.0 Å². The number of aliphatic hydroxyl groups excluding tert-OH is 1. The van der Waals surface area contributed by atoms with Crippen LogP contribution in [0.25, 0.3) is 0 Å². The maximum atomic E-state index is 12.3. The van der Waals surface area contributed by atoms with Crippen LogP contribution in [0.3, 0.4) is 0 Å². The highest BCUT2D eigenvalue weighted by molar-refractivity contribution is 14.1. The SMILES string of the molecule is OCc1cc(I)c(Br)nc1C(F)F. The highest BCUT2D eigenvalue weighted by Gasteiger charge is 2.16. The lowest BCUT2D eigenvalue weighted by atomic mass is 10.2. The molecule has 0 aliphatic heterocycles. The zero-order valence-electron chi connectivity index (χ0n) is 6.27. The molecule has 1 N–H and O–H groups in total. The minimum atomic E-state index is -2.66. The van der Waals surface area contributed by atoms with E-state index < -0.39 is 13.0 Å². The van der Waals surface area contributed by atoms with Crippen LogP contribution in [-0.2, 0) is 6.61 Å². The average Bonchev–Trinajstić information content (AvgIpc) is 2.08. The minimum Gasteiger partial charge on any atom is -0.392 e. The molecule has 2 nitrogen and oxygen atoms in total. The van der Waals surface area contributed by atoms with Crippen LogP contribution in [0.2, 0.25) is 0 Å². The molecule has 1 aromatic heterocycles. The fourth-order valence-electron chi connectivity index (χ4n) is 0.833. The van der Waals surface area contributed by atoms with Gasteiger partial charge in [-0.05, 0) is 44.6 Å². The van der Waals surface area contributed by atoms with E-state index in [1.807, 2.05) is 22.6 Å². The zero-order chi connectivity index (χ0) is 10.0. The number of halogens is 4. The second kappa shape index (κ2) is 4.61. The number of pyridine rings is 1. The molecule has 0 aliphatic carbocycles. The molecule has 0 bridgehead atoms. The standard InChI is InChI=1S/C7H5BrF2INO/c8-6-4(11)1-3(2-13)5(12-6)7(9)10/h1,7,13H,2H2. The first-order valence-corrected chi connectivity index (χ1v) is 5.17. The Labute approximate surface area is 95.6 Å². The number of aliphatic hydroxyl groups is 1.